The number of nitrogens with one attached hydrogen (secondary N) is 1. The molecule has 1 aliphatic carbocycles. The Bertz CT molecular complexity index is 815. The van der Waals surface area contributed by atoms with Crippen molar-refractivity contribution in [2.75, 3.05) is 14.2 Å². The van der Waals surface area contributed by atoms with Crippen molar-refractivity contribution in [3.8, 4) is 17.2 Å². The first-order valence-corrected chi connectivity index (χ1v) is 8.11. The molecule has 0 unspecified atom stereocenters. The predicted molar refractivity (Wildman–Crippen MR) is 90.3 cm³/mol. The van der Waals surface area contributed by atoms with Gasteiger partial charge in [-0.15, -0.1) is 0 Å². The third-order valence-corrected chi connectivity index (χ3v) is 4.51. The molecule has 26 heavy (non-hydrogen) atoms. The van der Waals surface area contributed by atoms with E-state index >= 15 is 0 Å². The van der Waals surface area contributed by atoms with Crippen molar-refractivity contribution in [3.05, 3.63) is 53.1 Å². The van der Waals surface area contributed by atoms with Crippen LogP contribution in [0, 0.1) is 17.6 Å². The summed E-state index contributed by atoms with van der Waals surface area (Å²) in [7, 11) is 2.85. The smallest absolute Gasteiger partial charge is 0.224 e. The molecule has 2 aromatic rings. The van der Waals surface area contributed by atoms with E-state index in [1.54, 1.807) is 12.1 Å². The number of hydrogen-bond donors (Lipinski definition) is 2. The summed E-state index contributed by atoms with van der Waals surface area (Å²) in [5.74, 6) is -1.94. The molecule has 0 saturated heterocycles. The lowest BCUT2D eigenvalue weighted by Gasteiger charge is -2.12. The lowest BCUT2D eigenvalue weighted by atomic mass is 10.1. The standard InChI is InChI=1S/C19H19F2NO4/c1-25-16-5-10(6-17(26-2)18(16)23)9-22-19(24)13-8-12(13)11-3-4-14(20)15(21)7-11/h3-7,12-13,23H,8-9H2,1-2H3,(H,22,24)/t12-,13-/m1/s1. The number of rotatable bonds is 6. The number of amides is 1. The Labute approximate surface area is 149 Å². The van der Waals surface area contributed by atoms with Gasteiger partial charge >= 0.3 is 0 Å². The first kappa shape index (κ1) is 18.0. The lowest BCUT2D eigenvalue weighted by Crippen LogP contribution is -2.24. The summed E-state index contributed by atoms with van der Waals surface area (Å²) in [5.41, 5.74) is 1.33. The van der Waals surface area contributed by atoms with Crippen molar-refractivity contribution in [2.45, 2.75) is 18.9 Å². The number of halogens is 2. The van der Waals surface area contributed by atoms with Gasteiger partial charge in [0.15, 0.2) is 23.1 Å². The van der Waals surface area contributed by atoms with Crippen molar-refractivity contribution in [2.24, 2.45) is 5.92 Å². The third kappa shape index (κ3) is 3.56. The number of carbonyl (C=O) groups excluding carboxylic acids is 1. The Morgan fingerprint density at radius 2 is 1.81 bits per heavy atom. The van der Waals surface area contributed by atoms with E-state index in [0.29, 0.717) is 17.5 Å². The lowest BCUT2D eigenvalue weighted by molar-refractivity contribution is -0.122. The highest BCUT2D eigenvalue weighted by Crippen LogP contribution is 2.47. The van der Waals surface area contributed by atoms with Crippen LogP contribution in [0.15, 0.2) is 30.3 Å². The summed E-state index contributed by atoms with van der Waals surface area (Å²) in [5, 5.41) is 12.7. The summed E-state index contributed by atoms with van der Waals surface area (Å²) >= 11 is 0. The molecule has 0 spiro atoms. The van der Waals surface area contributed by atoms with Gasteiger partial charge in [-0.05, 0) is 47.7 Å². The van der Waals surface area contributed by atoms with Crippen LogP contribution in [0.2, 0.25) is 0 Å². The number of phenolic OH excluding ortho intramolecular Hbond substituents is 1. The van der Waals surface area contributed by atoms with Crippen molar-refractivity contribution in [1.82, 2.24) is 5.32 Å². The maximum absolute atomic E-state index is 13.3. The Morgan fingerprint density at radius 3 is 2.38 bits per heavy atom. The van der Waals surface area contributed by atoms with E-state index in [0.717, 1.165) is 12.1 Å². The van der Waals surface area contributed by atoms with Gasteiger partial charge in [0, 0.05) is 12.5 Å². The summed E-state index contributed by atoms with van der Waals surface area (Å²) in [6.07, 6.45) is 0.596. The first-order chi connectivity index (χ1) is 12.4. The number of hydrogen-bond acceptors (Lipinski definition) is 4. The van der Waals surface area contributed by atoms with Crippen LogP contribution in [0.5, 0.6) is 17.2 Å². The predicted octanol–water partition coefficient (Wildman–Crippen LogP) is 3.11. The van der Waals surface area contributed by atoms with Gasteiger partial charge in [-0.2, -0.15) is 0 Å². The molecule has 1 aliphatic rings. The average Bonchev–Trinajstić information content (AvgIpc) is 3.43. The van der Waals surface area contributed by atoms with E-state index in [-0.39, 0.29) is 41.5 Å². The molecule has 0 heterocycles. The van der Waals surface area contributed by atoms with Gasteiger partial charge in [0.1, 0.15) is 0 Å². The zero-order valence-electron chi connectivity index (χ0n) is 14.4. The molecule has 1 amide bonds. The van der Waals surface area contributed by atoms with Gasteiger partial charge < -0.3 is 19.9 Å². The number of carbonyl (C=O) groups is 1. The number of methoxy groups -OCH3 is 2. The van der Waals surface area contributed by atoms with Crippen LogP contribution < -0.4 is 14.8 Å². The molecule has 0 radical (unpaired) electrons. The van der Waals surface area contributed by atoms with Crippen molar-refractivity contribution < 1.29 is 28.2 Å². The number of phenols is 1. The van der Waals surface area contributed by atoms with Crippen molar-refractivity contribution in [1.29, 1.82) is 0 Å². The summed E-state index contributed by atoms with van der Waals surface area (Å²) in [6.45, 7) is 0.229. The molecule has 1 fully saturated rings. The Morgan fingerprint density at radius 1 is 1.15 bits per heavy atom. The highest BCUT2D eigenvalue weighted by molar-refractivity contribution is 5.82. The van der Waals surface area contributed by atoms with Crippen LogP contribution >= 0.6 is 0 Å². The molecule has 2 atom stereocenters. The fraction of sp³-hybridized carbons (Fsp3) is 0.316. The maximum atomic E-state index is 13.3. The molecule has 0 bridgehead atoms. The number of ether oxygens (including phenoxy) is 2. The Hall–Kier alpha value is -2.83. The van der Waals surface area contributed by atoms with Gasteiger partial charge in [-0.3, -0.25) is 4.79 Å². The van der Waals surface area contributed by atoms with Crippen molar-refractivity contribution >= 4 is 5.91 Å². The molecule has 138 valence electrons. The molecule has 0 aliphatic heterocycles. The molecular weight excluding hydrogens is 344 g/mol. The zero-order valence-corrected chi connectivity index (χ0v) is 14.4. The maximum Gasteiger partial charge on any atom is 0.224 e. The largest absolute Gasteiger partial charge is 0.502 e. The second-order valence-electron chi connectivity index (χ2n) is 6.19. The molecule has 1 saturated carbocycles. The van der Waals surface area contributed by atoms with Gasteiger partial charge in [0.2, 0.25) is 11.7 Å². The summed E-state index contributed by atoms with van der Waals surface area (Å²) in [4.78, 5) is 12.3. The normalized spacial score (nSPS) is 18.3. The Balaban J connectivity index is 1.62. The van der Waals surface area contributed by atoms with Gasteiger partial charge in [-0.1, -0.05) is 6.07 Å². The highest BCUT2D eigenvalue weighted by Gasteiger charge is 2.44. The van der Waals surface area contributed by atoms with Crippen LogP contribution in [-0.4, -0.2) is 25.2 Å². The fourth-order valence-corrected chi connectivity index (χ4v) is 2.97. The SMILES string of the molecule is COc1cc(CNC(=O)[C@@H]2C[C@@H]2c2ccc(F)c(F)c2)cc(OC)c1O. The molecule has 2 aromatic carbocycles. The van der Waals surface area contributed by atoms with E-state index in [1.807, 2.05) is 0 Å². The molecular formula is C19H19F2NO4. The fourth-order valence-electron chi connectivity index (χ4n) is 2.97. The molecule has 2 N–H and O–H groups in total. The van der Waals surface area contributed by atoms with E-state index < -0.39 is 11.6 Å². The monoisotopic (exact) mass is 363 g/mol. The van der Waals surface area contributed by atoms with Gasteiger partial charge in [0.25, 0.3) is 0 Å². The van der Waals surface area contributed by atoms with Crippen LogP contribution in [0.4, 0.5) is 8.78 Å². The van der Waals surface area contributed by atoms with E-state index in [9.17, 15) is 18.7 Å². The van der Waals surface area contributed by atoms with Crippen molar-refractivity contribution in [3.63, 3.8) is 0 Å². The third-order valence-electron chi connectivity index (χ3n) is 4.51. The molecule has 7 heteroatoms. The van der Waals surface area contributed by atoms with Crippen LogP contribution in [0.25, 0.3) is 0 Å². The number of aromatic hydroxyl groups is 1. The van der Waals surface area contributed by atoms with E-state index in [1.165, 1.54) is 20.3 Å². The van der Waals surface area contributed by atoms with Crippen LogP contribution in [0.1, 0.15) is 23.5 Å². The quantitative estimate of drug-likeness (QED) is 0.828. The average molecular weight is 363 g/mol. The van der Waals surface area contributed by atoms with Crippen LogP contribution in [0.3, 0.4) is 0 Å². The second kappa shape index (κ2) is 7.19. The first-order valence-electron chi connectivity index (χ1n) is 8.11. The minimum atomic E-state index is -0.906. The topological polar surface area (TPSA) is 67.8 Å². The highest BCUT2D eigenvalue weighted by atomic mass is 19.2. The molecule has 5 nitrogen and oxygen atoms in total. The Kier molecular flexibility index (Phi) is 4.97. The number of benzene rings is 2. The van der Waals surface area contributed by atoms with Gasteiger partial charge in [-0.25, -0.2) is 8.78 Å². The minimum Gasteiger partial charge on any atom is -0.502 e. The van der Waals surface area contributed by atoms with Crippen LogP contribution in [-0.2, 0) is 11.3 Å². The summed E-state index contributed by atoms with van der Waals surface area (Å²) < 4.78 is 36.5. The zero-order chi connectivity index (χ0) is 18.8. The molecule has 0 aromatic heterocycles. The minimum absolute atomic E-state index is 0.103. The molecule has 3 rings (SSSR count). The summed E-state index contributed by atoms with van der Waals surface area (Å²) in [6, 6.07) is 6.94. The second-order valence-corrected chi connectivity index (χ2v) is 6.19. The van der Waals surface area contributed by atoms with E-state index in [2.05, 4.69) is 5.32 Å². The van der Waals surface area contributed by atoms with E-state index in [4.69, 9.17) is 9.47 Å². The van der Waals surface area contributed by atoms with Gasteiger partial charge in [0.05, 0.1) is 14.2 Å².